The highest BCUT2D eigenvalue weighted by Gasteiger charge is 2.29. The van der Waals surface area contributed by atoms with E-state index in [0.29, 0.717) is 0 Å². The summed E-state index contributed by atoms with van der Waals surface area (Å²) in [5.74, 6) is 0. The van der Waals surface area contributed by atoms with Crippen molar-refractivity contribution in [2.24, 2.45) is 5.41 Å². The normalized spacial score (nSPS) is 23.4. The smallest absolute Gasteiger partial charge is 0.147 e. The van der Waals surface area contributed by atoms with Gasteiger partial charge in [-0.25, -0.2) is 0 Å². The average molecular weight is 162 g/mol. The van der Waals surface area contributed by atoms with Gasteiger partial charge in [0.15, 0.2) is 16.3 Å². The van der Waals surface area contributed by atoms with Crippen molar-refractivity contribution >= 4 is 16.3 Å². The number of rotatable bonds is 0. The van der Waals surface area contributed by atoms with Crippen LogP contribution in [0.25, 0.3) is 0 Å². The van der Waals surface area contributed by atoms with Gasteiger partial charge in [-0.15, -0.1) is 4.44 Å². The Hall–Kier alpha value is 0.0125. The zero-order valence-corrected chi connectivity index (χ0v) is 9.23. The van der Waals surface area contributed by atoms with Gasteiger partial charge in [0.1, 0.15) is 0 Å². The lowest BCUT2D eigenvalue weighted by molar-refractivity contribution is 0.574. The van der Waals surface area contributed by atoms with Crippen LogP contribution in [0.2, 0.25) is 0 Å². The maximum Gasteiger partial charge on any atom is 0.170 e. The Balaban J connectivity index is 3.27. The van der Waals surface area contributed by atoms with Gasteiger partial charge >= 0.3 is 0 Å². The van der Waals surface area contributed by atoms with Crippen molar-refractivity contribution in [3.8, 4) is 0 Å². The van der Waals surface area contributed by atoms with E-state index in [9.17, 15) is 0 Å². The molecule has 11 heavy (non-hydrogen) atoms. The number of hydrogen-bond donors (Lipinski definition) is 0. The second kappa shape index (κ2) is 2.51. The Morgan fingerprint density at radius 3 is 1.55 bits per heavy atom. The van der Waals surface area contributed by atoms with Gasteiger partial charge in [0, 0.05) is 0 Å². The van der Waals surface area contributed by atoms with Gasteiger partial charge in [-0.2, -0.15) is 0 Å². The van der Waals surface area contributed by atoms with E-state index in [2.05, 4.69) is 50.9 Å². The molecule has 0 saturated carbocycles. The molecule has 0 saturated heterocycles. The largest absolute Gasteiger partial charge is 0.170 e. The van der Waals surface area contributed by atoms with Crippen LogP contribution in [0.5, 0.6) is 0 Å². The van der Waals surface area contributed by atoms with E-state index < -0.39 is 0 Å². The van der Waals surface area contributed by atoms with Crippen molar-refractivity contribution in [1.29, 1.82) is 0 Å². The van der Waals surface area contributed by atoms with Gasteiger partial charge in [0.05, 0.1) is 0 Å². The predicted octanol–water partition coefficient (Wildman–Crippen LogP) is 2.81. The van der Waals surface area contributed by atoms with Gasteiger partial charge in [-0.1, -0.05) is 30.6 Å². The van der Waals surface area contributed by atoms with Crippen LogP contribution in [0.1, 0.15) is 34.6 Å². The molecule has 0 nitrogen and oxygen atoms in total. The quantitative estimate of drug-likeness (QED) is 0.480. The zero-order chi connectivity index (χ0) is 8.81. The van der Waals surface area contributed by atoms with Gasteiger partial charge in [0.25, 0.3) is 0 Å². The molecule has 0 amide bonds. The third kappa shape index (κ3) is 1.11. The van der Waals surface area contributed by atoms with Crippen LogP contribution in [0.3, 0.4) is 0 Å². The maximum absolute atomic E-state index is 2.87. The van der Waals surface area contributed by atoms with Crippen LogP contribution in [0, 0.1) is 5.41 Å². The Morgan fingerprint density at radius 2 is 1.45 bits per heavy atom. The van der Waals surface area contributed by atoms with Crippen LogP contribution in [0.15, 0.2) is 21.2 Å². The van der Waals surface area contributed by atoms with Crippen molar-refractivity contribution in [2.45, 2.75) is 34.6 Å². The molecule has 0 aliphatic heterocycles. The van der Waals surface area contributed by atoms with Gasteiger partial charge in [-0.3, -0.25) is 0 Å². The molecule has 0 aromatic carbocycles. The maximum atomic E-state index is 2.87. The minimum atomic E-state index is 0.277. The van der Waals surface area contributed by atoms with E-state index in [0.717, 1.165) is 0 Å². The molecule has 0 fully saturated rings. The summed E-state index contributed by atoms with van der Waals surface area (Å²) >= 11 is 2.87. The first-order valence-electron chi connectivity index (χ1n) is 4.04. The molecule has 1 aliphatic rings. The summed E-state index contributed by atoms with van der Waals surface area (Å²) in [5.41, 5.74) is 4.72. The summed E-state index contributed by atoms with van der Waals surface area (Å²) in [6.07, 6.45) is 0. The summed E-state index contributed by atoms with van der Waals surface area (Å²) in [6.45, 7) is 11.2. The summed E-state index contributed by atoms with van der Waals surface area (Å²) in [6, 6.07) is 0. The highest BCUT2D eigenvalue weighted by atomic mass is 27.0. The van der Waals surface area contributed by atoms with Crippen molar-refractivity contribution in [3.63, 3.8) is 0 Å². The minimum absolute atomic E-state index is 0.277. The molecule has 1 rings (SSSR count). The van der Waals surface area contributed by atoms with Crippen molar-refractivity contribution in [3.05, 3.63) is 21.2 Å². The first-order chi connectivity index (χ1) is 4.89. The third-order valence-electron chi connectivity index (χ3n) is 3.14. The Kier molecular flexibility index (Phi) is 2.07. The van der Waals surface area contributed by atoms with E-state index in [-0.39, 0.29) is 5.41 Å². The van der Waals surface area contributed by atoms with E-state index in [1.54, 1.807) is 0 Å². The Bertz CT molecular complexity index is 228. The lowest BCUT2D eigenvalue weighted by Gasteiger charge is -2.24. The first-order valence-corrected chi connectivity index (χ1v) is 4.62. The molecule has 0 spiro atoms. The van der Waals surface area contributed by atoms with Gasteiger partial charge in [0.2, 0.25) is 0 Å². The van der Waals surface area contributed by atoms with E-state index >= 15 is 0 Å². The first kappa shape index (κ1) is 9.10. The highest BCUT2D eigenvalue weighted by Crippen LogP contribution is 2.44. The molecule has 0 N–H and O–H groups in total. The second-order valence-corrected chi connectivity index (χ2v) is 4.49. The summed E-state index contributed by atoms with van der Waals surface area (Å²) in [7, 11) is 0. The van der Waals surface area contributed by atoms with Crippen LogP contribution in [-0.4, -0.2) is 16.3 Å². The monoisotopic (exact) mass is 162 g/mol. The predicted molar refractivity (Wildman–Crippen MR) is 50.6 cm³/mol. The summed E-state index contributed by atoms with van der Waals surface area (Å²) in [5, 5.41) is 0. The van der Waals surface area contributed by atoms with Crippen LogP contribution >= 0.6 is 0 Å². The molecule has 0 unspecified atom stereocenters. The zero-order valence-electron chi connectivity index (χ0n) is 8.08. The standard InChI is InChI=1S/C10H15.Al/c1-7-6-10(4,5)9(3)8(7)2;/h1-5H3;. The van der Waals surface area contributed by atoms with Crippen molar-refractivity contribution < 1.29 is 0 Å². The molecule has 1 aliphatic carbocycles. The molecule has 0 heterocycles. The van der Waals surface area contributed by atoms with E-state index in [4.69, 9.17) is 0 Å². The third-order valence-corrected chi connectivity index (χ3v) is 4.29. The summed E-state index contributed by atoms with van der Waals surface area (Å²) < 4.78 is 1.45. The molecule has 0 aromatic heterocycles. The molecule has 1 heteroatoms. The number of hydrogen-bond acceptors (Lipinski definition) is 0. The molecule has 0 atom stereocenters. The minimum Gasteiger partial charge on any atom is -0.147 e. The molecule has 0 bridgehead atoms. The van der Waals surface area contributed by atoms with Crippen LogP contribution in [-0.2, 0) is 0 Å². The van der Waals surface area contributed by atoms with E-state index in [1.165, 1.54) is 21.2 Å². The fourth-order valence-corrected chi connectivity index (χ4v) is 2.06. The van der Waals surface area contributed by atoms with Crippen LogP contribution < -0.4 is 0 Å². The average Bonchev–Trinajstić information content (AvgIpc) is 2.06. The molecule has 2 radical (unpaired) electrons. The molecular formula is C10H15Al. The van der Waals surface area contributed by atoms with Gasteiger partial charge < -0.3 is 0 Å². The second-order valence-electron chi connectivity index (χ2n) is 3.91. The van der Waals surface area contributed by atoms with Gasteiger partial charge in [-0.05, 0) is 26.2 Å². The summed E-state index contributed by atoms with van der Waals surface area (Å²) in [4.78, 5) is 0. The van der Waals surface area contributed by atoms with Crippen molar-refractivity contribution in [2.75, 3.05) is 0 Å². The SMILES string of the molecule is CC1=C(C)C(C)(C)[C]([Al])=C1C. The van der Waals surface area contributed by atoms with E-state index in [1.807, 2.05) is 0 Å². The lowest BCUT2D eigenvalue weighted by Crippen LogP contribution is -2.13. The van der Waals surface area contributed by atoms with Crippen molar-refractivity contribution in [1.82, 2.24) is 0 Å². The lowest BCUT2D eigenvalue weighted by atomic mass is 9.87. The Morgan fingerprint density at radius 1 is 1.00 bits per heavy atom. The van der Waals surface area contributed by atoms with Crippen LogP contribution in [0.4, 0.5) is 0 Å². The fourth-order valence-electron chi connectivity index (χ4n) is 1.62. The molecule has 0 aromatic rings. The fraction of sp³-hybridized carbons (Fsp3) is 0.600. The number of allylic oxidation sites excluding steroid dienone is 4. The topological polar surface area (TPSA) is 0 Å². The molecular weight excluding hydrogens is 147 g/mol. The molecule has 58 valence electrons. The highest BCUT2D eigenvalue weighted by molar-refractivity contribution is 6.24. The Labute approximate surface area is 77.8 Å².